The van der Waals surface area contributed by atoms with E-state index >= 15 is 0 Å². The topological polar surface area (TPSA) is 38.0 Å². The molecule has 16 heavy (non-hydrogen) atoms. The molecule has 0 amide bonds. The summed E-state index contributed by atoms with van der Waals surface area (Å²) in [5, 5.41) is 2.67. The van der Waals surface area contributed by atoms with Crippen molar-refractivity contribution in [2.45, 2.75) is 12.3 Å². The monoisotopic (exact) mass is 244 g/mol. The summed E-state index contributed by atoms with van der Waals surface area (Å²) in [7, 11) is 0. The van der Waals surface area contributed by atoms with E-state index in [4.69, 9.17) is 17.3 Å². The normalized spacial score (nSPS) is 24.1. The van der Waals surface area contributed by atoms with E-state index in [1.807, 2.05) is 0 Å². The quantitative estimate of drug-likeness (QED) is 0.744. The van der Waals surface area contributed by atoms with Crippen LogP contribution in [0.4, 0.5) is 8.78 Å². The summed E-state index contributed by atoms with van der Waals surface area (Å²) in [6.45, 7) is 2.22. The molecule has 2 rings (SSSR count). The number of benzene rings is 1. The van der Waals surface area contributed by atoms with E-state index in [1.54, 1.807) is 13.0 Å². The Morgan fingerprint density at radius 1 is 1.38 bits per heavy atom. The number of nitrogens with two attached hydrogens (primary N) is 1. The summed E-state index contributed by atoms with van der Waals surface area (Å²) in [5.41, 5.74) is 5.19. The lowest BCUT2D eigenvalue weighted by molar-refractivity contribution is 0.523. The average molecular weight is 245 g/mol. The number of halogens is 3. The molecule has 3 N–H and O–H groups in total. The van der Waals surface area contributed by atoms with Crippen LogP contribution in [0.3, 0.4) is 0 Å². The first-order valence-corrected chi connectivity index (χ1v) is 5.17. The van der Waals surface area contributed by atoms with E-state index in [0.29, 0.717) is 12.4 Å². The van der Waals surface area contributed by atoms with E-state index in [2.05, 4.69) is 5.32 Å². The van der Waals surface area contributed by atoms with Gasteiger partial charge in [-0.1, -0.05) is 18.5 Å². The van der Waals surface area contributed by atoms with Crippen molar-refractivity contribution in [3.63, 3.8) is 0 Å². The first kappa shape index (κ1) is 11.2. The summed E-state index contributed by atoms with van der Waals surface area (Å²) in [4.78, 5) is 0. The van der Waals surface area contributed by atoms with Gasteiger partial charge in [-0.15, -0.1) is 0 Å². The molecular weight excluding hydrogens is 234 g/mol. The van der Waals surface area contributed by atoms with Crippen LogP contribution < -0.4 is 11.1 Å². The average Bonchev–Trinajstić information content (AvgIpc) is 2.53. The van der Waals surface area contributed by atoms with E-state index in [1.165, 1.54) is 0 Å². The van der Waals surface area contributed by atoms with Gasteiger partial charge in [0, 0.05) is 17.5 Å². The SMILES string of the molecule is CC1(c2cc(F)c(Cl)cc2F)C=C(N)NC1. The maximum atomic E-state index is 13.7. The maximum absolute atomic E-state index is 13.7. The van der Waals surface area contributed by atoms with Gasteiger partial charge in [-0.05, 0) is 18.2 Å². The standard InChI is InChI=1S/C11H11ClF2N2/c1-11(4-10(15)16-5-11)6-2-9(14)7(12)3-8(6)13/h2-4,16H,5,15H2,1H3. The molecule has 5 heteroatoms. The Hall–Kier alpha value is -1.29. The molecule has 1 aliphatic heterocycles. The molecule has 0 saturated carbocycles. The summed E-state index contributed by atoms with van der Waals surface area (Å²) in [6, 6.07) is 2.11. The highest BCUT2D eigenvalue weighted by atomic mass is 35.5. The first-order valence-electron chi connectivity index (χ1n) is 4.79. The molecule has 2 nitrogen and oxygen atoms in total. The van der Waals surface area contributed by atoms with Gasteiger partial charge in [-0.25, -0.2) is 8.78 Å². The van der Waals surface area contributed by atoms with Gasteiger partial charge in [0.15, 0.2) is 0 Å². The van der Waals surface area contributed by atoms with Crippen molar-refractivity contribution in [1.82, 2.24) is 5.32 Å². The van der Waals surface area contributed by atoms with Crippen molar-refractivity contribution >= 4 is 11.6 Å². The van der Waals surface area contributed by atoms with Gasteiger partial charge in [0.2, 0.25) is 0 Å². The zero-order valence-electron chi connectivity index (χ0n) is 8.65. The van der Waals surface area contributed by atoms with Crippen molar-refractivity contribution in [3.05, 3.63) is 46.3 Å². The minimum absolute atomic E-state index is 0.215. The minimum Gasteiger partial charge on any atom is -0.386 e. The molecule has 1 heterocycles. The third-order valence-corrected chi connectivity index (χ3v) is 3.05. The lowest BCUT2D eigenvalue weighted by Crippen LogP contribution is -2.28. The Morgan fingerprint density at radius 3 is 2.62 bits per heavy atom. The van der Waals surface area contributed by atoms with Gasteiger partial charge in [0.1, 0.15) is 11.6 Å². The predicted octanol–water partition coefficient (Wildman–Crippen LogP) is 2.28. The Kier molecular flexibility index (Phi) is 2.54. The zero-order valence-corrected chi connectivity index (χ0v) is 9.41. The van der Waals surface area contributed by atoms with Gasteiger partial charge in [0.05, 0.1) is 10.8 Å². The van der Waals surface area contributed by atoms with Gasteiger partial charge < -0.3 is 11.1 Å². The summed E-state index contributed by atoms with van der Waals surface area (Å²) < 4.78 is 27.0. The Bertz CT molecular complexity index is 473. The zero-order chi connectivity index (χ0) is 11.9. The van der Waals surface area contributed by atoms with Crippen molar-refractivity contribution in [2.24, 2.45) is 5.73 Å². The molecule has 0 aliphatic carbocycles. The van der Waals surface area contributed by atoms with E-state index in [9.17, 15) is 8.78 Å². The maximum Gasteiger partial charge on any atom is 0.142 e. The second kappa shape index (κ2) is 3.63. The third-order valence-electron chi connectivity index (χ3n) is 2.76. The molecule has 1 aromatic carbocycles. The highest BCUT2D eigenvalue weighted by Crippen LogP contribution is 2.33. The molecule has 0 radical (unpaired) electrons. The van der Waals surface area contributed by atoms with Gasteiger partial charge in [-0.3, -0.25) is 0 Å². The highest BCUT2D eigenvalue weighted by molar-refractivity contribution is 6.30. The molecule has 1 aromatic rings. The molecule has 0 aromatic heterocycles. The van der Waals surface area contributed by atoms with Crippen LogP contribution in [0.1, 0.15) is 12.5 Å². The number of nitrogens with one attached hydrogen (secondary N) is 1. The Balaban J connectivity index is 2.53. The van der Waals surface area contributed by atoms with E-state index in [0.717, 1.165) is 12.1 Å². The van der Waals surface area contributed by atoms with Gasteiger partial charge in [0.25, 0.3) is 0 Å². The fourth-order valence-electron chi connectivity index (χ4n) is 1.86. The second-order valence-electron chi connectivity index (χ2n) is 4.12. The molecule has 1 unspecified atom stereocenters. The van der Waals surface area contributed by atoms with Crippen molar-refractivity contribution in [1.29, 1.82) is 0 Å². The Labute approximate surface area is 97.1 Å². The third kappa shape index (κ3) is 1.73. The van der Waals surface area contributed by atoms with Crippen LogP contribution in [0.15, 0.2) is 24.0 Å². The van der Waals surface area contributed by atoms with Crippen LogP contribution in [-0.2, 0) is 5.41 Å². The summed E-state index contributed by atoms with van der Waals surface area (Å²) >= 11 is 5.50. The van der Waals surface area contributed by atoms with Crippen LogP contribution in [-0.4, -0.2) is 6.54 Å². The van der Waals surface area contributed by atoms with Crippen LogP contribution in [0.25, 0.3) is 0 Å². The first-order chi connectivity index (χ1) is 7.42. The van der Waals surface area contributed by atoms with Crippen molar-refractivity contribution in [3.8, 4) is 0 Å². The summed E-state index contributed by atoms with van der Waals surface area (Å²) in [5.74, 6) is -0.683. The smallest absolute Gasteiger partial charge is 0.142 e. The molecule has 0 fully saturated rings. The second-order valence-corrected chi connectivity index (χ2v) is 4.52. The van der Waals surface area contributed by atoms with Gasteiger partial charge >= 0.3 is 0 Å². The molecule has 1 aliphatic rings. The number of hydrogen-bond donors (Lipinski definition) is 2. The lowest BCUT2D eigenvalue weighted by atomic mass is 9.83. The largest absolute Gasteiger partial charge is 0.386 e. The minimum atomic E-state index is -0.639. The van der Waals surface area contributed by atoms with E-state index in [-0.39, 0.29) is 10.6 Å². The fourth-order valence-corrected chi connectivity index (χ4v) is 2.01. The van der Waals surface area contributed by atoms with Crippen LogP contribution >= 0.6 is 11.6 Å². The van der Waals surface area contributed by atoms with Crippen LogP contribution in [0.5, 0.6) is 0 Å². The van der Waals surface area contributed by atoms with Crippen molar-refractivity contribution < 1.29 is 8.78 Å². The Morgan fingerprint density at radius 2 is 2.06 bits per heavy atom. The number of hydrogen-bond acceptors (Lipinski definition) is 2. The fraction of sp³-hybridized carbons (Fsp3) is 0.273. The molecule has 86 valence electrons. The number of rotatable bonds is 1. The van der Waals surface area contributed by atoms with Crippen molar-refractivity contribution in [2.75, 3.05) is 6.54 Å². The van der Waals surface area contributed by atoms with E-state index < -0.39 is 17.0 Å². The highest BCUT2D eigenvalue weighted by Gasteiger charge is 2.32. The summed E-state index contributed by atoms with van der Waals surface area (Å²) in [6.07, 6.45) is 1.68. The molecule has 0 saturated heterocycles. The van der Waals surface area contributed by atoms with Gasteiger partial charge in [-0.2, -0.15) is 0 Å². The lowest BCUT2D eigenvalue weighted by Gasteiger charge is -2.22. The molecule has 1 atom stereocenters. The molecular formula is C11H11ClF2N2. The molecule has 0 bridgehead atoms. The molecule has 0 spiro atoms. The predicted molar refractivity (Wildman–Crippen MR) is 59.0 cm³/mol. The van der Waals surface area contributed by atoms with Crippen LogP contribution in [0, 0.1) is 11.6 Å². The van der Waals surface area contributed by atoms with Crippen LogP contribution in [0.2, 0.25) is 5.02 Å².